The Hall–Kier alpha value is -0.790. The fraction of sp³-hybridized carbons (Fsp3) is 0.385. The van der Waals surface area contributed by atoms with E-state index in [-0.39, 0.29) is 6.10 Å². The molecule has 80 valence electrons. The second-order valence-corrected chi connectivity index (χ2v) is 4.39. The van der Waals surface area contributed by atoms with Crippen LogP contribution in [0.3, 0.4) is 0 Å². The second-order valence-electron chi connectivity index (χ2n) is 3.98. The van der Waals surface area contributed by atoms with E-state index in [1.54, 1.807) is 0 Å². The van der Waals surface area contributed by atoms with Crippen LogP contribution in [0, 0.1) is 0 Å². The van der Waals surface area contributed by atoms with Crippen LogP contribution in [0.25, 0.3) is 5.57 Å². The zero-order valence-electron chi connectivity index (χ0n) is 8.62. The molecule has 0 amide bonds. The lowest BCUT2D eigenvalue weighted by Crippen LogP contribution is -2.00. The quantitative estimate of drug-likeness (QED) is 0.769. The van der Waals surface area contributed by atoms with E-state index in [9.17, 15) is 5.11 Å². The molecular weight excluding hydrogens is 208 g/mol. The molecule has 1 aliphatic carbocycles. The largest absolute Gasteiger partial charge is 0.389 e. The van der Waals surface area contributed by atoms with Gasteiger partial charge in [-0.25, -0.2) is 0 Å². The summed E-state index contributed by atoms with van der Waals surface area (Å²) >= 11 is 6.14. The number of hydrogen-bond donors (Lipinski definition) is 1. The van der Waals surface area contributed by atoms with Crippen molar-refractivity contribution in [3.63, 3.8) is 0 Å². The molecule has 1 aliphatic rings. The lowest BCUT2D eigenvalue weighted by atomic mass is 10.0. The SMILES string of the molecule is OC1C=C(c2ccccc2Cl)CCCC1. The molecule has 2 rings (SSSR count). The summed E-state index contributed by atoms with van der Waals surface area (Å²) in [5, 5.41) is 10.5. The van der Waals surface area contributed by atoms with E-state index in [2.05, 4.69) is 0 Å². The van der Waals surface area contributed by atoms with Crippen LogP contribution in [0.4, 0.5) is 0 Å². The first-order valence-corrected chi connectivity index (χ1v) is 5.79. The number of hydrogen-bond acceptors (Lipinski definition) is 1. The van der Waals surface area contributed by atoms with Crippen molar-refractivity contribution >= 4 is 17.2 Å². The zero-order chi connectivity index (χ0) is 10.7. The number of rotatable bonds is 1. The minimum atomic E-state index is -0.307. The molecule has 1 N–H and O–H groups in total. The molecule has 0 bridgehead atoms. The summed E-state index contributed by atoms with van der Waals surface area (Å²) in [6.45, 7) is 0. The van der Waals surface area contributed by atoms with Crippen molar-refractivity contribution in [3.8, 4) is 0 Å². The molecule has 2 heteroatoms. The van der Waals surface area contributed by atoms with Crippen LogP contribution in [-0.4, -0.2) is 11.2 Å². The van der Waals surface area contributed by atoms with Crippen LogP contribution in [0.15, 0.2) is 30.3 Å². The number of aliphatic hydroxyl groups is 1. The Bertz CT molecular complexity index is 371. The van der Waals surface area contributed by atoms with Gasteiger partial charge in [-0.3, -0.25) is 0 Å². The monoisotopic (exact) mass is 222 g/mol. The topological polar surface area (TPSA) is 20.2 Å². The van der Waals surface area contributed by atoms with E-state index in [0.29, 0.717) is 0 Å². The lowest BCUT2D eigenvalue weighted by molar-refractivity contribution is 0.211. The van der Waals surface area contributed by atoms with E-state index in [4.69, 9.17) is 11.6 Å². The molecule has 1 atom stereocenters. The van der Waals surface area contributed by atoms with E-state index >= 15 is 0 Å². The van der Waals surface area contributed by atoms with Crippen molar-refractivity contribution in [1.82, 2.24) is 0 Å². The summed E-state index contributed by atoms with van der Waals surface area (Å²) in [4.78, 5) is 0. The molecule has 0 saturated carbocycles. The van der Waals surface area contributed by atoms with Crippen LogP contribution in [0.5, 0.6) is 0 Å². The Kier molecular flexibility index (Phi) is 3.45. The van der Waals surface area contributed by atoms with Crippen molar-refractivity contribution < 1.29 is 5.11 Å². The lowest BCUT2D eigenvalue weighted by Gasteiger charge is -2.08. The van der Waals surface area contributed by atoms with Gasteiger partial charge in [0.05, 0.1) is 6.10 Å². The Morgan fingerprint density at radius 2 is 2.00 bits per heavy atom. The summed E-state index contributed by atoms with van der Waals surface area (Å²) in [7, 11) is 0. The molecular formula is C13H15ClO. The number of allylic oxidation sites excluding steroid dienone is 1. The van der Waals surface area contributed by atoms with Gasteiger partial charge in [0.15, 0.2) is 0 Å². The van der Waals surface area contributed by atoms with E-state index < -0.39 is 0 Å². The van der Waals surface area contributed by atoms with Gasteiger partial charge in [0.25, 0.3) is 0 Å². The third-order valence-corrected chi connectivity index (χ3v) is 3.14. The number of aliphatic hydroxyl groups excluding tert-OH is 1. The van der Waals surface area contributed by atoms with Gasteiger partial charge < -0.3 is 5.11 Å². The first-order chi connectivity index (χ1) is 7.27. The van der Waals surface area contributed by atoms with E-state index in [1.807, 2.05) is 30.3 Å². The average Bonchev–Trinajstić information content (AvgIpc) is 2.43. The molecule has 0 radical (unpaired) electrons. The van der Waals surface area contributed by atoms with Gasteiger partial charge in [0.2, 0.25) is 0 Å². The summed E-state index contributed by atoms with van der Waals surface area (Å²) in [5.74, 6) is 0. The first-order valence-electron chi connectivity index (χ1n) is 5.41. The maximum atomic E-state index is 9.69. The van der Waals surface area contributed by atoms with Gasteiger partial charge >= 0.3 is 0 Å². The zero-order valence-corrected chi connectivity index (χ0v) is 9.37. The standard InChI is InChI=1S/C13H15ClO/c14-13-8-4-3-7-12(13)10-5-1-2-6-11(15)9-10/h3-4,7-9,11,15H,1-2,5-6H2. The smallest absolute Gasteiger partial charge is 0.0726 e. The predicted octanol–water partition coefficient (Wildman–Crippen LogP) is 3.66. The summed E-state index contributed by atoms with van der Waals surface area (Å²) in [6.07, 6.45) is 5.75. The molecule has 1 unspecified atom stereocenters. The molecule has 1 aromatic carbocycles. The van der Waals surface area contributed by atoms with Crippen LogP contribution >= 0.6 is 11.6 Å². The maximum absolute atomic E-state index is 9.69. The molecule has 1 nitrogen and oxygen atoms in total. The van der Waals surface area contributed by atoms with Gasteiger partial charge in [0, 0.05) is 5.02 Å². The maximum Gasteiger partial charge on any atom is 0.0726 e. The number of halogens is 1. The first kappa shape index (κ1) is 10.7. The van der Waals surface area contributed by atoms with Gasteiger partial charge in [-0.2, -0.15) is 0 Å². The van der Waals surface area contributed by atoms with Crippen molar-refractivity contribution in [2.45, 2.75) is 31.8 Å². The minimum absolute atomic E-state index is 0.307. The number of benzene rings is 1. The second kappa shape index (κ2) is 4.82. The van der Waals surface area contributed by atoms with Crippen LogP contribution in [0.2, 0.25) is 5.02 Å². The van der Waals surface area contributed by atoms with Crippen molar-refractivity contribution in [2.75, 3.05) is 0 Å². The Morgan fingerprint density at radius 1 is 1.20 bits per heavy atom. The third kappa shape index (κ3) is 2.61. The normalized spacial score (nSPS) is 22.0. The summed E-state index contributed by atoms with van der Waals surface area (Å²) in [5.41, 5.74) is 2.26. The van der Waals surface area contributed by atoms with Gasteiger partial charge in [-0.1, -0.05) is 42.3 Å². The van der Waals surface area contributed by atoms with E-state index in [0.717, 1.165) is 36.3 Å². The highest BCUT2D eigenvalue weighted by molar-refractivity contribution is 6.32. The van der Waals surface area contributed by atoms with Crippen molar-refractivity contribution in [3.05, 3.63) is 40.9 Å². The molecule has 0 spiro atoms. The summed E-state index contributed by atoms with van der Waals surface area (Å²) < 4.78 is 0. The average molecular weight is 223 g/mol. The summed E-state index contributed by atoms with van der Waals surface area (Å²) in [6, 6.07) is 7.83. The molecule has 1 aromatic rings. The Labute approximate surface area is 95.4 Å². The van der Waals surface area contributed by atoms with Crippen LogP contribution in [-0.2, 0) is 0 Å². The molecule has 0 aliphatic heterocycles. The van der Waals surface area contributed by atoms with E-state index in [1.165, 1.54) is 5.57 Å². The van der Waals surface area contributed by atoms with Gasteiger partial charge in [-0.15, -0.1) is 0 Å². The highest BCUT2D eigenvalue weighted by Crippen LogP contribution is 2.30. The molecule has 0 heterocycles. The van der Waals surface area contributed by atoms with Crippen molar-refractivity contribution in [2.24, 2.45) is 0 Å². The Morgan fingerprint density at radius 3 is 2.80 bits per heavy atom. The van der Waals surface area contributed by atoms with Crippen molar-refractivity contribution in [1.29, 1.82) is 0 Å². The van der Waals surface area contributed by atoms with Gasteiger partial charge in [0.1, 0.15) is 0 Å². The molecule has 15 heavy (non-hydrogen) atoms. The highest BCUT2D eigenvalue weighted by Gasteiger charge is 2.12. The molecule has 0 fully saturated rings. The molecule has 0 aromatic heterocycles. The fourth-order valence-corrected chi connectivity index (χ4v) is 2.27. The Balaban J connectivity index is 2.33. The molecule has 0 saturated heterocycles. The predicted molar refractivity (Wildman–Crippen MR) is 63.9 cm³/mol. The van der Waals surface area contributed by atoms with Gasteiger partial charge in [-0.05, 0) is 36.5 Å². The minimum Gasteiger partial charge on any atom is -0.389 e. The van der Waals surface area contributed by atoms with Crippen LogP contribution < -0.4 is 0 Å². The highest BCUT2D eigenvalue weighted by atomic mass is 35.5. The van der Waals surface area contributed by atoms with Crippen LogP contribution in [0.1, 0.15) is 31.2 Å². The fourth-order valence-electron chi connectivity index (χ4n) is 2.01. The third-order valence-electron chi connectivity index (χ3n) is 2.81.